The zero-order chi connectivity index (χ0) is 13.9. The minimum Gasteiger partial charge on any atom is -0.382 e. The molecule has 0 atom stereocenters. The van der Waals surface area contributed by atoms with Gasteiger partial charge in [0.25, 0.3) is 5.56 Å². The molecule has 1 N–H and O–H groups in total. The van der Waals surface area contributed by atoms with Crippen LogP contribution in [0.3, 0.4) is 0 Å². The van der Waals surface area contributed by atoms with Gasteiger partial charge in [0.2, 0.25) is 0 Å². The van der Waals surface area contributed by atoms with Gasteiger partial charge in [0.1, 0.15) is 5.02 Å². The van der Waals surface area contributed by atoms with Crippen LogP contribution in [0.2, 0.25) is 5.02 Å². The molecule has 0 saturated heterocycles. The van der Waals surface area contributed by atoms with Crippen LogP contribution in [-0.2, 0) is 6.54 Å². The predicted octanol–water partition coefficient (Wildman–Crippen LogP) is 3.01. The standard InChI is InChI=1S/C13H22ClN3O/c1-6-17-12(18)11(14)10(7-16-17)15-8-13(4,5)9(2)3/h7,9,15H,6,8H2,1-5H3. The molecule has 18 heavy (non-hydrogen) atoms. The highest BCUT2D eigenvalue weighted by molar-refractivity contribution is 6.32. The Morgan fingerprint density at radius 2 is 2.11 bits per heavy atom. The van der Waals surface area contributed by atoms with Gasteiger partial charge in [0.15, 0.2) is 0 Å². The van der Waals surface area contributed by atoms with Gasteiger partial charge in [0, 0.05) is 13.1 Å². The van der Waals surface area contributed by atoms with Crippen LogP contribution in [0.25, 0.3) is 0 Å². The second-order valence-corrected chi connectivity index (χ2v) is 5.87. The van der Waals surface area contributed by atoms with Crippen molar-refractivity contribution < 1.29 is 0 Å². The lowest BCUT2D eigenvalue weighted by Crippen LogP contribution is -2.30. The molecule has 0 radical (unpaired) electrons. The fourth-order valence-electron chi connectivity index (χ4n) is 1.34. The van der Waals surface area contributed by atoms with Crippen LogP contribution in [-0.4, -0.2) is 16.3 Å². The zero-order valence-corrected chi connectivity index (χ0v) is 12.5. The van der Waals surface area contributed by atoms with Crippen molar-refractivity contribution in [2.45, 2.75) is 41.2 Å². The Balaban J connectivity index is 2.88. The van der Waals surface area contributed by atoms with Gasteiger partial charge in [-0.15, -0.1) is 0 Å². The van der Waals surface area contributed by atoms with Crippen molar-refractivity contribution in [2.24, 2.45) is 11.3 Å². The second kappa shape index (κ2) is 5.74. The Labute approximate surface area is 113 Å². The highest BCUT2D eigenvalue weighted by atomic mass is 35.5. The first kappa shape index (κ1) is 15.0. The molecule has 0 saturated carbocycles. The van der Waals surface area contributed by atoms with E-state index in [1.165, 1.54) is 4.68 Å². The van der Waals surface area contributed by atoms with E-state index in [0.29, 0.717) is 18.2 Å². The maximum absolute atomic E-state index is 11.8. The first-order valence-electron chi connectivity index (χ1n) is 6.29. The molecule has 0 aliphatic carbocycles. The summed E-state index contributed by atoms with van der Waals surface area (Å²) in [6.07, 6.45) is 1.61. The second-order valence-electron chi connectivity index (χ2n) is 5.49. The Hall–Kier alpha value is -1.03. The van der Waals surface area contributed by atoms with E-state index < -0.39 is 0 Å². The Morgan fingerprint density at radius 1 is 1.50 bits per heavy atom. The highest BCUT2D eigenvalue weighted by Gasteiger charge is 2.22. The van der Waals surface area contributed by atoms with Crippen LogP contribution < -0.4 is 10.9 Å². The molecule has 0 amide bonds. The molecule has 1 aromatic rings. The average molecular weight is 272 g/mol. The first-order valence-corrected chi connectivity index (χ1v) is 6.67. The Morgan fingerprint density at radius 3 is 2.61 bits per heavy atom. The van der Waals surface area contributed by atoms with Gasteiger partial charge >= 0.3 is 0 Å². The van der Waals surface area contributed by atoms with Crippen molar-refractivity contribution in [3.05, 3.63) is 21.6 Å². The topological polar surface area (TPSA) is 46.9 Å². The van der Waals surface area contributed by atoms with E-state index in [4.69, 9.17) is 11.6 Å². The fraction of sp³-hybridized carbons (Fsp3) is 0.692. The molecule has 0 aromatic carbocycles. The molecule has 0 aliphatic rings. The number of rotatable bonds is 5. The third-order valence-electron chi connectivity index (χ3n) is 3.58. The summed E-state index contributed by atoms with van der Waals surface area (Å²) in [6.45, 7) is 11.9. The fourth-order valence-corrected chi connectivity index (χ4v) is 1.55. The van der Waals surface area contributed by atoms with Crippen LogP contribution >= 0.6 is 11.6 Å². The summed E-state index contributed by atoms with van der Waals surface area (Å²) in [5.74, 6) is 0.535. The third kappa shape index (κ3) is 3.25. The van der Waals surface area contributed by atoms with Crippen molar-refractivity contribution in [1.29, 1.82) is 0 Å². The molecule has 0 unspecified atom stereocenters. The van der Waals surface area contributed by atoms with Gasteiger partial charge in [-0.25, -0.2) is 4.68 Å². The number of nitrogens with zero attached hydrogens (tertiary/aromatic N) is 2. The number of aryl methyl sites for hydroxylation is 1. The monoisotopic (exact) mass is 271 g/mol. The lowest BCUT2D eigenvalue weighted by molar-refractivity contribution is 0.269. The lowest BCUT2D eigenvalue weighted by Gasteiger charge is -2.29. The minimum absolute atomic E-state index is 0.128. The number of hydrogen-bond donors (Lipinski definition) is 1. The summed E-state index contributed by atoms with van der Waals surface area (Å²) < 4.78 is 1.35. The molecule has 0 bridgehead atoms. The summed E-state index contributed by atoms with van der Waals surface area (Å²) in [6, 6.07) is 0. The van der Waals surface area contributed by atoms with E-state index in [2.05, 4.69) is 38.1 Å². The molecule has 5 heteroatoms. The molecule has 1 heterocycles. The molecule has 1 rings (SSSR count). The van der Waals surface area contributed by atoms with Gasteiger partial charge in [0.05, 0.1) is 11.9 Å². The highest BCUT2D eigenvalue weighted by Crippen LogP contribution is 2.27. The van der Waals surface area contributed by atoms with E-state index in [1.807, 2.05) is 6.92 Å². The summed E-state index contributed by atoms with van der Waals surface area (Å²) in [4.78, 5) is 11.8. The van der Waals surface area contributed by atoms with Gasteiger partial charge in [-0.3, -0.25) is 4.79 Å². The molecule has 4 nitrogen and oxygen atoms in total. The smallest absolute Gasteiger partial charge is 0.287 e. The van der Waals surface area contributed by atoms with Gasteiger partial charge < -0.3 is 5.32 Å². The van der Waals surface area contributed by atoms with Gasteiger partial charge in [-0.1, -0.05) is 39.3 Å². The van der Waals surface area contributed by atoms with E-state index >= 15 is 0 Å². The largest absolute Gasteiger partial charge is 0.382 e. The lowest BCUT2D eigenvalue weighted by atomic mass is 9.81. The Bertz CT molecular complexity index is 466. The number of hydrogen-bond acceptors (Lipinski definition) is 3. The summed E-state index contributed by atoms with van der Waals surface area (Å²) in [7, 11) is 0. The SMILES string of the molecule is CCn1ncc(NCC(C)(C)C(C)C)c(Cl)c1=O. The van der Waals surface area contributed by atoms with Crippen LogP contribution in [0.1, 0.15) is 34.6 Å². The van der Waals surface area contributed by atoms with Crippen molar-refractivity contribution in [1.82, 2.24) is 9.78 Å². The van der Waals surface area contributed by atoms with Crippen molar-refractivity contribution in [2.75, 3.05) is 11.9 Å². The van der Waals surface area contributed by atoms with Crippen molar-refractivity contribution in [3.8, 4) is 0 Å². The molecular weight excluding hydrogens is 250 g/mol. The maximum atomic E-state index is 11.8. The van der Waals surface area contributed by atoms with E-state index in [9.17, 15) is 4.79 Å². The number of anilines is 1. The van der Waals surface area contributed by atoms with E-state index in [0.717, 1.165) is 6.54 Å². The van der Waals surface area contributed by atoms with Crippen molar-refractivity contribution >= 4 is 17.3 Å². The van der Waals surface area contributed by atoms with Gasteiger partial charge in [-0.2, -0.15) is 5.10 Å². The number of halogens is 1. The van der Waals surface area contributed by atoms with Crippen LogP contribution in [0.4, 0.5) is 5.69 Å². The minimum atomic E-state index is -0.244. The number of nitrogens with one attached hydrogen (secondary N) is 1. The molecular formula is C13H22ClN3O. The summed E-state index contributed by atoms with van der Waals surface area (Å²) in [5.41, 5.74) is 0.495. The van der Waals surface area contributed by atoms with Crippen molar-refractivity contribution in [3.63, 3.8) is 0 Å². The molecule has 0 spiro atoms. The zero-order valence-electron chi connectivity index (χ0n) is 11.7. The molecule has 0 aliphatic heterocycles. The van der Waals surface area contributed by atoms with Crippen LogP contribution in [0.15, 0.2) is 11.0 Å². The summed E-state index contributed by atoms with van der Waals surface area (Å²) >= 11 is 6.05. The normalized spacial score (nSPS) is 11.9. The van der Waals surface area contributed by atoms with E-state index in [-0.39, 0.29) is 16.0 Å². The Kier molecular flexibility index (Phi) is 4.79. The number of aromatic nitrogens is 2. The molecule has 1 aromatic heterocycles. The third-order valence-corrected chi connectivity index (χ3v) is 3.95. The molecule has 102 valence electrons. The van der Waals surface area contributed by atoms with Crippen LogP contribution in [0.5, 0.6) is 0 Å². The van der Waals surface area contributed by atoms with E-state index in [1.54, 1.807) is 6.20 Å². The summed E-state index contributed by atoms with van der Waals surface area (Å²) in [5, 5.41) is 7.49. The predicted molar refractivity (Wildman–Crippen MR) is 76.3 cm³/mol. The van der Waals surface area contributed by atoms with Gasteiger partial charge in [-0.05, 0) is 18.3 Å². The maximum Gasteiger partial charge on any atom is 0.287 e. The molecule has 0 fully saturated rings. The first-order chi connectivity index (χ1) is 8.29. The quantitative estimate of drug-likeness (QED) is 0.895. The average Bonchev–Trinajstić information content (AvgIpc) is 2.31. The van der Waals surface area contributed by atoms with Crippen LogP contribution in [0, 0.1) is 11.3 Å².